The van der Waals surface area contributed by atoms with Crippen molar-refractivity contribution in [1.29, 1.82) is 0 Å². The van der Waals surface area contributed by atoms with Crippen LogP contribution in [0, 0.1) is 0 Å². The van der Waals surface area contributed by atoms with Crippen LogP contribution in [-0.2, 0) is 6.42 Å². The van der Waals surface area contributed by atoms with Crippen LogP contribution in [0.3, 0.4) is 0 Å². The van der Waals surface area contributed by atoms with E-state index < -0.39 is 0 Å². The molecule has 0 fully saturated rings. The van der Waals surface area contributed by atoms with Gasteiger partial charge in [-0.25, -0.2) is 0 Å². The standard InChI is InChI=1S/C16H21N3O2/c1-4-5-19-13(9-18-16(19)17)12-8-14-11(6-10(2)21-14)7-15(12)20-3/h4,7-8,10,13H,1,5-6,9H2,2-3H3,(H2,17,18). The Morgan fingerprint density at radius 2 is 2.38 bits per heavy atom. The van der Waals surface area contributed by atoms with Crippen LogP contribution >= 0.6 is 0 Å². The molecule has 3 rings (SSSR count). The van der Waals surface area contributed by atoms with Gasteiger partial charge < -0.3 is 20.1 Å². The highest BCUT2D eigenvalue weighted by Gasteiger charge is 2.31. The zero-order chi connectivity index (χ0) is 15.0. The lowest BCUT2D eigenvalue weighted by molar-refractivity contribution is 0.254. The van der Waals surface area contributed by atoms with Crippen molar-refractivity contribution in [2.45, 2.75) is 25.5 Å². The van der Waals surface area contributed by atoms with Crippen molar-refractivity contribution in [3.05, 3.63) is 35.9 Å². The molecule has 21 heavy (non-hydrogen) atoms. The summed E-state index contributed by atoms with van der Waals surface area (Å²) >= 11 is 0. The average Bonchev–Trinajstić information content (AvgIpc) is 3.00. The molecule has 0 saturated heterocycles. The summed E-state index contributed by atoms with van der Waals surface area (Å²) in [5.41, 5.74) is 8.24. The summed E-state index contributed by atoms with van der Waals surface area (Å²) in [5.74, 6) is 2.37. The van der Waals surface area contributed by atoms with Crippen LogP contribution in [0.4, 0.5) is 0 Å². The van der Waals surface area contributed by atoms with Crippen LogP contribution in [0.1, 0.15) is 24.1 Å². The molecular weight excluding hydrogens is 266 g/mol. The number of hydrogen-bond acceptors (Lipinski definition) is 5. The summed E-state index contributed by atoms with van der Waals surface area (Å²) in [6.07, 6.45) is 2.97. The van der Waals surface area contributed by atoms with Gasteiger partial charge in [0.2, 0.25) is 0 Å². The smallest absolute Gasteiger partial charge is 0.192 e. The van der Waals surface area contributed by atoms with Gasteiger partial charge in [-0.3, -0.25) is 4.99 Å². The molecule has 2 atom stereocenters. The van der Waals surface area contributed by atoms with E-state index in [0.29, 0.717) is 19.0 Å². The lowest BCUT2D eigenvalue weighted by Gasteiger charge is -2.26. The fraction of sp³-hybridized carbons (Fsp3) is 0.438. The first kappa shape index (κ1) is 13.8. The molecule has 112 valence electrons. The molecule has 1 aromatic rings. The van der Waals surface area contributed by atoms with E-state index in [0.717, 1.165) is 23.5 Å². The Bertz CT molecular complexity index is 597. The minimum atomic E-state index is 0.0720. The van der Waals surface area contributed by atoms with Gasteiger partial charge in [-0.1, -0.05) is 6.08 Å². The molecule has 0 aliphatic carbocycles. The third-order valence-corrected chi connectivity index (χ3v) is 4.03. The maximum absolute atomic E-state index is 5.98. The van der Waals surface area contributed by atoms with Crippen LogP contribution in [0.2, 0.25) is 0 Å². The number of rotatable bonds is 4. The van der Waals surface area contributed by atoms with Crippen molar-refractivity contribution < 1.29 is 9.47 Å². The van der Waals surface area contributed by atoms with Crippen LogP contribution in [0.15, 0.2) is 29.8 Å². The number of guanidine groups is 1. The average molecular weight is 287 g/mol. The Kier molecular flexibility index (Phi) is 3.49. The predicted molar refractivity (Wildman–Crippen MR) is 82.9 cm³/mol. The first-order valence-electron chi connectivity index (χ1n) is 7.19. The Morgan fingerprint density at radius 1 is 1.57 bits per heavy atom. The number of benzene rings is 1. The second-order valence-corrected chi connectivity index (χ2v) is 5.49. The summed E-state index contributed by atoms with van der Waals surface area (Å²) < 4.78 is 11.4. The van der Waals surface area contributed by atoms with Crippen molar-refractivity contribution in [1.82, 2.24) is 4.90 Å². The van der Waals surface area contributed by atoms with Crippen LogP contribution < -0.4 is 15.2 Å². The Labute approximate surface area is 125 Å². The Hall–Kier alpha value is -2.17. The molecule has 0 saturated carbocycles. The topological polar surface area (TPSA) is 60.1 Å². The van der Waals surface area contributed by atoms with Gasteiger partial charge in [0.25, 0.3) is 0 Å². The number of aliphatic imine (C=N–C) groups is 1. The molecule has 2 aliphatic rings. The molecule has 5 heteroatoms. The second kappa shape index (κ2) is 5.31. The fourth-order valence-corrected chi connectivity index (χ4v) is 3.05. The fourth-order valence-electron chi connectivity index (χ4n) is 3.05. The third kappa shape index (κ3) is 2.33. The second-order valence-electron chi connectivity index (χ2n) is 5.49. The molecule has 0 radical (unpaired) electrons. The molecule has 0 amide bonds. The molecule has 2 heterocycles. The summed E-state index contributed by atoms with van der Waals surface area (Å²) in [4.78, 5) is 6.39. The van der Waals surface area contributed by atoms with Crippen molar-refractivity contribution in [2.75, 3.05) is 20.2 Å². The normalized spacial score (nSPS) is 23.5. The summed E-state index contributed by atoms with van der Waals surface area (Å²) in [6.45, 7) is 7.16. The van der Waals surface area contributed by atoms with Crippen LogP contribution in [-0.4, -0.2) is 37.2 Å². The maximum atomic E-state index is 5.98. The van der Waals surface area contributed by atoms with Crippen molar-refractivity contribution in [2.24, 2.45) is 10.7 Å². The molecule has 2 unspecified atom stereocenters. The van der Waals surface area contributed by atoms with E-state index in [2.05, 4.69) is 30.6 Å². The van der Waals surface area contributed by atoms with E-state index in [4.69, 9.17) is 15.2 Å². The third-order valence-electron chi connectivity index (χ3n) is 4.03. The Balaban J connectivity index is 1.98. The highest BCUT2D eigenvalue weighted by molar-refractivity contribution is 5.80. The first-order chi connectivity index (χ1) is 10.1. The molecule has 5 nitrogen and oxygen atoms in total. The van der Waals surface area contributed by atoms with E-state index >= 15 is 0 Å². The van der Waals surface area contributed by atoms with Gasteiger partial charge in [-0.05, 0) is 19.1 Å². The SMILES string of the molecule is C=CCN1C(N)=NCC1c1cc2c(cc1OC)CC(C)O2. The predicted octanol–water partition coefficient (Wildman–Crippen LogP) is 1.88. The van der Waals surface area contributed by atoms with E-state index in [1.165, 1.54) is 5.56 Å². The van der Waals surface area contributed by atoms with Crippen LogP contribution in [0.5, 0.6) is 11.5 Å². The number of methoxy groups -OCH3 is 1. The summed E-state index contributed by atoms with van der Waals surface area (Å²) in [7, 11) is 1.70. The van der Waals surface area contributed by atoms with Crippen molar-refractivity contribution in [3.63, 3.8) is 0 Å². The zero-order valence-corrected chi connectivity index (χ0v) is 12.5. The van der Waals surface area contributed by atoms with Gasteiger partial charge in [-0.15, -0.1) is 6.58 Å². The van der Waals surface area contributed by atoms with E-state index in [1.807, 2.05) is 11.0 Å². The van der Waals surface area contributed by atoms with Gasteiger partial charge in [0.05, 0.1) is 19.7 Å². The van der Waals surface area contributed by atoms with E-state index in [9.17, 15) is 0 Å². The van der Waals surface area contributed by atoms with Gasteiger partial charge in [0.1, 0.15) is 17.6 Å². The number of nitrogens with two attached hydrogens (primary N) is 1. The van der Waals surface area contributed by atoms with Crippen molar-refractivity contribution in [3.8, 4) is 11.5 Å². The monoisotopic (exact) mass is 287 g/mol. The maximum Gasteiger partial charge on any atom is 0.192 e. The van der Waals surface area contributed by atoms with Gasteiger partial charge in [0.15, 0.2) is 5.96 Å². The summed E-state index contributed by atoms with van der Waals surface area (Å²) in [5, 5.41) is 0. The highest BCUT2D eigenvalue weighted by Crippen LogP contribution is 2.40. The number of hydrogen-bond donors (Lipinski definition) is 1. The largest absolute Gasteiger partial charge is 0.496 e. The molecular formula is C16H21N3O2. The number of fused-ring (bicyclic) bond motifs is 1. The highest BCUT2D eigenvalue weighted by atomic mass is 16.5. The first-order valence-corrected chi connectivity index (χ1v) is 7.19. The van der Waals surface area contributed by atoms with E-state index in [1.54, 1.807) is 7.11 Å². The lowest BCUT2D eigenvalue weighted by atomic mass is 10.0. The molecule has 0 aromatic heterocycles. The minimum absolute atomic E-state index is 0.0720. The molecule has 0 spiro atoms. The summed E-state index contributed by atoms with van der Waals surface area (Å²) in [6, 6.07) is 4.23. The molecule has 2 N–H and O–H groups in total. The minimum Gasteiger partial charge on any atom is -0.496 e. The Morgan fingerprint density at radius 3 is 3.10 bits per heavy atom. The molecule has 0 bridgehead atoms. The molecule has 1 aromatic carbocycles. The van der Waals surface area contributed by atoms with Gasteiger partial charge in [0, 0.05) is 24.1 Å². The lowest BCUT2D eigenvalue weighted by Crippen LogP contribution is -2.36. The van der Waals surface area contributed by atoms with E-state index in [-0.39, 0.29) is 12.1 Å². The quantitative estimate of drug-likeness (QED) is 0.859. The number of nitrogens with zero attached hydrogens (tertiary/aromatic N) is 2. The van der Waals surface area contributed by atoms with Crippen LogP contribution in [0.25, 0.3) is 0 Å². The van der Waals surface area contributed by atoms with Gasteiger partial charge in [-0.2, -0.15) is 0 Å². The van der Waals surface area contributed by atoms with Crippen molar-refractivity contribution >= 4 is 5.96 Å². The number of ether oxygens (including phenoxy) is 2. The zero-order valence-electron chi connectivity index (χ0n) is 12.5. The van der Waals surface area contributed by atoms with Gasteiger partial charge >= 0.3 is 0 Å². The molecule has 2 aliphatic heterocycles.